The summed E-state index contributed by atoms with van der Waals surface area (Å²) < 4.78 is 230. The van der Waals surface area contributed by atoms with Crippen LogP contribution in [-0.2, 0) is 19.0 Å². The first-order chi connectivity index (χ1) is 15.2. The van der Waals surface area contributed by atoms with E-state index in [9.17, 15) is 79.4 Å². The molecule has 0 radical (unpaired) electrons. The number of amides is 1. The Morgan fingerprint density at radius 3 is 1.37 bits per heavy atom. The largest absolute Gasteiger partial charge is 0.462 e. The van der Waals surface area contributed by atoms with Crippen molar-refractivity contribution in [2.45, 2.75) is 48.4 Å². The third-order valence-electron chi connectivity index (χ3n) is 3.94. The number of halogens is 17. The van der Waals surface area contributed by atoms with Gasteiger partial charge in [0, 0.05) is 13.1 Å². The molecule has 0 aromatic rings. The monoisotopic (exact) mass is 565 g/mol. The van der Waals surface area contributed by atoms with E-state index in [0.717, 1.165) is 0 Å². The average Bonchev–Trinajstić information content (AvgIpc) is 2.64. The van der Waals surface area contributed by atoms with Crippen LogP contribution in [0.4, 0.5) is 74.6 Å². The minimum atomic E-state index is -8.02. The molecular weight excluding hydrogens is 557 g/mol. The fourth-order valence-corrected chi connectivity index (χ4v) is 2.12. The van der Waals surface area contributed by atoms with Gasteiger partial charge in [0.25, 0.3) is 5.91 Å². The van der Waals surface area contributed by atoms with Crippen LogP contribution in [-0.4, -0.2) is 85.5 Å². The summed E-state index contributed by atoms with van der Waals surface area (Å²) in [5.41, 5.74) is 0. The van der Waals surface area contributed by atoms with E-state index < -0.39 is 80.6 Å². The van der Waals surface area contributed by atoms with Crippen molar-refractivity contribution in [3.63, 3.8) is 0 Å². The van der Waals surface area contributed by atoms with Crippen molar-refractivity contribution in [1.29, 1.82) is 0 Å². The van der Waals surface area contributed by atoms with Crippen LogP contribution in [0.15, 0.2) is 0 Å². The molecule has 0 saturated carbocycles. The molecule has 0 spiro atoms. The molecule has 1 aliphatic rings. The highest BCUT2D eigenvalue weighted by molar-refractivity contribution is 5.84. The van der Waals surface area contributed by atoms with E-state index in [4.69, 9.17) is 0 Å². The number of rotatable bonds is 7. The molecule has 5 nitrogen and oxygen atoms in total. The second kappa shape index (κ2) is 8.92. The fourth-order valence-electron chi connectivity index (χ4n) is 2.12. The molecule has 1 aliphatic heterocycles. The maximum Gasteiger partial charge on any atom is 0.462 e. The lowest BCUT2D eigenvalue weighted by Crippen LogP contribution is -2.69. The van der Waals surface area contributed by atoms with Gasteiger partial charge >= 0.3 is 48.4 Å². The summed E-state index contributed by atoms with van der Waals surface area (Å²) in [5, 5.41) is 0. The van der Waals surface area contributed by atoms with Crippen LogP contribution in [0.3, 0.4) is 0 Å². The van der Waals surface area contributed by atoms with Crippen molar-refractivity contribution in [2.24, 2.45) is 0 Å². The number of carbonyl (C=O) groups excluding carboxylic acids is 1. The van der Waals surface area contributed by atoms with Crippen LogP contribution in [0.1, 0.15) is 0 Å². The van der Waals surface area contributed by atoms with Gasteiger partial charge in [-0.25, -0.2) is 0 Å². The molecule has 0 unspecified atom stereocenters. The lowest BCUT2D eigenvalue weighted by Gasteiger charge is -2.41. The number of ether oxygens (including phenoxy) is 3. The minimum absolute atomic E-state index is 0.353. The maximum atomic E-state index is 14.4. The number of carbonyl (C=O) groups is 1. The van der Waals surface area contributed by atoms with E-state index in [1.165, 1.54) is 4.74 Å². The Bertz CT molecular complexity index is 771. The summed E-state index contributed by atoms with van der Waals surface area (Å²) in [5.74, 6) is -25.9. The number of hydrogen-bond donors (Lipinski definition) is 0. The quantitative estimate of drug-likeness (QED) is 0.420. The molecule has 0 bridgehead atoms. The van der Waals surface area contributed by atoms with Gasteiger partial charge in [-0.1, -0.05) is 0 Å². The van der Waals surface area contributed by atoms with E-state index in [-0.39, 0.29) is 4.90 Å². The summed E-state index contributed by atoms with van der Waals surface area (Å²) in [6.45, 7) is -3.51. The highest BCUT2D eigenvalue weighted by Gasteiger charge is 2.85. The zero-order chi connectivity index (χ0) is 28.1. The van der Waals surface area contributed by atoms with Crippen LogP contribution in [0.5, 0.6) is 0 Å². The summed E-state index contributed by atoms with van der Waals surface area (Å²) in [4.78, 5) is 11.4. The molecule has 2 atom stereocenters. The third kappa shape index (κ3) is 5.47. The Hall–Kier alpha value is -1.84. The van der Waals surface area contributed by atoms with E-state index in [0.29, 0.717) is 0 Å². The van der Waals surface area contributed by atoms with Crippen molar-refractivity contribution >= 4 is 5.91 Å². The van der Waals surface area contributed by atoms with Crippen molar-refractivity contribution in [1.82, 2.24) is 4.90 Å². The molecule has 1 amide bonds. The molecule has 1 fully saturated rings. The first kappa shape index (κ1) is 31.2. The Morgan fingerprint density at radius 2 is 1.03 bits per heavy atom. The maximum absolute atomic E-state index is 14.4. The highest BCUT2D eigenvalue weighted by atomic mass is 19.4. The number of alkyl halides is 17. The Balaban J connectivity index is 3.60. The van der Waals surface area contributed by atoms with Crippen LogP contribution >= 0.6 is 0 Å². The lowest BCUT2D eigenvalue weighted by atomic mass is 10.2. The molecular formula is C13H8F17NO4. The summed E-state index contributed by atoms with van der Waals surface area (Å²) in [7, 11) is 0. The normalized spacial score (nSPS) is 20.9. The second-order valence-electron chi connectivity index (χ2n) is 6.40. The predicted molar refractivity (Wildman–Crippen MR) is 70.3 cm³/mol. The standard InChI is InChI=1S/C13H8F17NO4/c14-6(9(18,19)20,5(32)31-1-3-33-4-2-31)34-13(29,30)8(17,11(24,25)26)35-12(27,28)7(15,16)10(21,22)23/h1-4H2/t6-,8-/m1/s1. The van der Waals surface area contributed by atoms with Gasteiger partial charge in [-0.3, -0.25) is 14.3 Å². The molecule has 22 heteroatoms. The van der Waals surface area contributed by atoms with Gasteiger partial charge < -0.3 is 9.64 Å². The summed E-state index contributed by atoms with van der Waals surface area (Å²) in [6.07, 6.45) is -38.4. The smallest absolute Gasteiger partial charge is 0.378 e. The molecule has 208 valence electrons. The average molecular weight is 565 g/mol. The van der Waals surface area contributed by atoms with Crippen molar-refractivity contribution < 1.29 is 93.6 Å². The van der Waals surface area contributed by atoms with Gasteiger partial charge in [0.15, 0.2) is 0 Å². The number of nitrogens with zero attached hydrogens (tertiary/aromatic N) is 1. The van der Waals surface area contributed by atoms with Gasteiger partial charge in [-0.15, -0.1) is 0 Å². The molecule has 0 aromatic heterocycles. The fraction of sp³-hybridized carbons (Fsp3) is 0.923. The van der Waals surface area contributed by atoms with Crippen LogP contribution in [0, 0.1) is 0 Å². The minimum Gasteiger partial charge on any atom is -0.378 e. The number of morpholine rings is 1. The van der Waals surface area contributed by atoms with Crippen molar-refractivity contribution in [2.75, 3.05) is 26.3 Å². The molecule has 0 N–H and O–H groups in total. The number of hydrogen-bond acceptors (Lipinski definition) is 4. The van der Waals surface area contributed by atoms with Crippen LogP contribution < -0.4 is 0 Å². The van der Waals surface area contributed by atoms with Crippen LogP contribution in [0.25, 0.3) is 0 Å². The van der Waals surface area contributed by atoms with Crippen molar-refractivity contribution in [3.8, 4) is 0 Å². The zero-order valence-corrected chi connectivity index (χ0v) is 15.8. The highest BCUT2D eigenvalue weighted by Crippen LogP contribution is 2.56. The van der Waals surface area contributed by atoms with E-state index in [1.54, 1.807) is 0 Å². The molecule has 1 saturated heterocycles. The first-order valence-electron chi connectivity index (χ1n) is 8.17. The van der Waals surface area contributed by atoms with Gasteiger partial charge in [0.05, 0.1) is 13.2 Å². The van der Waals surface area contributed by atoms with Gasteiger partial charge in [-0.05, 0) is 0 Å². The van der Waals surface area contributed by atoms with E-state index in [2.05, 4.69) is 4.74 Å². The van der Waals surface area contributed by atoms with Crippen LogP contribution in [0.2, 0.25) is 0 Å². The van der Waals surface area contributed by atoms with E-state index >= 15 is 0 Å². The topological polar surface area (TPSA) is 48.0 Å². The summed E-state index contributed by atoms with van der Waals surface area (Å²) >= 11 is 0. The molecule has 1 heterocycles. The Morgan fingerprint density at radius 1 is 0.600 bits per heavy atom. The van der Waals surface area contributed by atoms with Crippen molar-refractivity contribution in [3.05, 3.63) is 0 Å². The second-order valence-corrected chi connectivity index (χ2v) is 6.40. The first-order valence-corrected chi connectivity index (χ1v) is 8.17. The van der Waals surface area contributed by atoms with Gasteiger partial charge in [0.2, 0.25) is 0 Å². The Kier molecular flexibility index (Phi) is 7.95. The molecule has 0 aliphatic carbocycles. The molecule has 1 rings (SSSR count). The van der Waals surface area contributed by atoms with E-state index in [1.807, 2.05) is 4.74 Å². The molecule has 35 heavy (non-hydrogen) atoms. The third-order valence-corrected chi connectivity index (χ3v) is 3.94. The van der Waals surface area contributed by atoms with Gasteiger partial charge in [-0.2, -0.15) is 74.6 Å². The predicted octanol–water partition coefficient (Wildman–Crippen LogP) is 4.72. The SMILES string of the molecule is O=C(N1CCOCC1)[C@@](F)(OC(F)(F)[C@](F)(OC(F)(F)C(F)(F)C(F)(F)F)C(F)(F)F)C(F)(F)F. The molecule has 0 aromatic carbocycles. The zero-order valence-electron chi connectivity index (χ0n) is 15.8. The summed E-state index contributed by atoms with van der Waals surface area (Å²) in [6, 6.07) is 0. The Labute approximate surface area is 180 Å². The van der Waals surface area contributed by atoms with Gasteiger partial charge in [0.1, 0.15) is 0 Å². The lowest BCUT2D eigenvalue weighted by molar-refractivity contribution is -0.548.